The molecule has 80 valence electrons. The average molecular weight is 211 g/mol. The summed E-state index contributed by atoms with van der Waals surface area (Å²) in [6, 6.07) is 7.37. The molecule has 0 fully saturated rings. The molecular weight excluding hydrogens is 198 g/mol. The Morgan fingerprint density at radius 3 is 2.69 bits per heavy atom. The first kappa shape index (κ1) is 10.4. The number of benzene rings is 1. The summed E-state index contributed by atoms with van der Waals surface area (Å²) >= 11 is 0. The quantitative estimate of drug-likeness (QED) is 0.762. The summed E-state index contributed by atoms with van der Waals surface area (Å²) in [4.78, 5) is 11.8. The molecule has 0 saturated carbocycles. The zero-order valence-electron chi connectivity index (χ0n) is 8.99. The Balaban J connectivity index is 2.20. The lowest BCUT2D eigenvalue weighted by Crippen LogP contribution is -2.18. The Bertz CT molecular complexity index is 497. The molecule has 1 aromatic carbocycles. The zero-order chi connectivity index (χ0) is 11.5. The van der Waals surface area contributed by atoms with E-state index in [1.54, 1.807) is 12.1 Å². The first-order valence-electron chi connectivity index (χ1n) is 5.13. The molecule has 16 heavy (non-hydrogen) atoms. The van der Waals surface area contributed by atoms with E-state index in [1.807, 2.05) is 24.3 Å². The maximum atomic E-state index is 11.8. The number of rotatable bonds is 4. The Morgan fingerprint density at radius 2 is 2.06 bits per heavy atom. The number of carbonyl (C=O) groups excluding carboxylic acids is 1. The molecule has 0 aromatic heterocycles. The molecule has 0 atom stereocenters. The van der Waals surface area contributed by atoms with Crippen LogP contribution in [0.2, 0.25) is 0 Å². The number of allylic oxidation sites excluding steroid dienone is 4. The Labute approximate surface area is 95.0 Å². The van der Waals surface area contributed by atoms with Gasteiger partial charge in [0.1, 0.15) is 0 Å². The molecule has 0 aliphatic heterocycles. The summed E-state index contributed by atoms with van der Waals surface area (Å²) in [7, 11) is 0. The highest BCUT2D eigenvalue weighted by Crippen LogP contribution is 2.17. The highest BCUT2D eigenvalue weighted by Gasteiger charge is 2.13. The van der Waals surface area contributed by atoms with Crippen LogP contribution in [0.1, 0.15) is 22.3 Å². The molecule has 0 unspecified atom stereocenters. The Hall–Kier alpha value is -2.09. The van der Waals surface area contributed by atoms with Crippen molar-refractivity contribution in [3.8, 4) is 0 Å². The van der Waals surface area contributed by atoms with Crippen LogP contribution in [-0.4, -0.2) is 5.91 Å². The fourth-order valence-electron chi connectivity index (χ4n) is 1.35. The summed E-state index contributed by atoms with van der Waals surface area (Å²) in [5, 5.41) is 2.82. The molecule has 1 aliphatic carbocycles. The third-order valence-electron chi connectivity index (χ3n) is 2.42. The molecule has 2 heteroatoms. The molecule has 1 amide bonds. The van der Waals surface area contributed by atoms with Gasteiger partial charge < -0.3 is 5.32 Å². The number of hydrogen-bond donors (Lipinski definition) is 1. The summed E-state index contributed by atoms with van der Waals surface area (Å²) in [5.41, 5.74) is 3.39. The van der Waals surface area contributed by atoms with Crippen LogP contribution in [0.25, 0.3) is 5.57 Å². The molecule has 2 nitrogen and oxygen atoms in total. The molecule has 0 heterocycles. The van der Waals surface area contributed by atoms with Crippen molar-refractivity contribution in [1.82, 2.24) is 5.32 Å². The van der Waals surface area contributed by atoms with Gasteiger partial charge in [-0.25, -0.2) is 0 Å². The van der Waals surface area contributed by atoms with Crippen molar-refractivity contribution in [2.24, 2.45) is 0 Å². The van der Waals surface area contributed by atoms with E-state index in [9.17, 15) is 4.79 Å². The normalized spacial score (nSPS) is 12.6. The van der Waals surface area contributed by atoms with Gasteiger partial charge in [-0.2, -0.15) is 0 Å². The van der Waals surface area contributed by atoms with Crippen molar-refractivity contribution in [2.45, 2.75) is 6.42 Å². The van der Waals surface area contributed by atoms with Gasteiger partial charge in [0.2, 0.25) is 0 Å². The number of nitrogens with one attached hydrogen (secondary N) is 1. The number of hydrogen-bond acceptors (Lipinski definition) is 1. The van der Waals surface area contributed by atoms with Crippen LogP contribution in [0.5, 0.6) is 0 Å². The van der Waals surface area contributed by atoms with E-state index < -0.39 is 0 Å². The maximum Gasteiger partial charge on any atom is 0.255 e. The molecule has 0 saturated heterocycles. The molecular formula is C14H13NO. The highest BCUT2D eigenvalue weighted by atomic mass is 16.1. The first-order valence-corrected chi connectivity index (χ1v) is 5.13. The number of amides is 1. The average Bonchev–Trinajstić information content (AvgIpc) is 3.12. The lowest BCUT2D eigenvalue weighted by atomic mass is 10.0. The van der Waals surface area contributed by atoms with E-state index in [2.05, 4.69) is 18.5 Å². The van der Waals surface area contributed by atoms with Crippen LogP contribution >= 0.6 is 0 Å². The van der Waals surface area contributed by atoms with Gasteiger partial charge in [0.15, 0.2) is 0 Å². The molecule has 0 spiro atoms. The second-order valence-electron chi connectivity index (χ2n) is 3.70. The molecule has 1 aromatic rings. The van der Waals surface area contributed by atoms with E-state index in [4.69, 9.17) is 0 Å². The highest BCUT2D eigenvalue weighted by molar-refractivity contribution is 5.96. The third-order valence-corrected chi connectivity index (χ3v) is 2.42. The van der Waals surface area contributed by atoms with Crippen LogP contribution in [0.3, 0.4) is 0 Å². The Kier molecular flexibility index (Phi) is 2.73. The fourth-order valence-corrected chi connectivity index (χ4v) is 1.35. The molecule has 0 bridgehead atoms. The van der Waals surface area contributed by atoms with E-state index >= 15 is 0 Å². The van der Waals surface area contributed by atoms with Crippen molar-refractivity contribution in [1.29, 1.82) is 0 Å². The minimum Gasteiger partial charge on any atom is -0.326 e. The summed E-state index contributed by atoms with van der Waals surface area (Å²) in [6.07, 6.45) is 4.55. The predicted molar refractivity (Wildman–Crippen MR) is 65.8 cm³/mol. The topological polar surface area (TPSA) is 29.1 Å². The lowest BCUT2D eigenvalue weighted by Gasteiger charge is -2.04. The van der Waals surface area contributed by atoms with Gasteiger partial charge in [-0.05, 0) is 23.3 Å². The maximum absolute atomic E-state index is 11.8. The van der Waals surface area contributed by atoms with Gasteiger partial charge in [0.05, 0.1) is 0 Å². The van der Waals surface area contributed by atoms with Crippen molar-refractivity contribution in [3.63, 3.8) is 0 Å². The summed E-state index contributed by atoms with van der Waals surface area (Å²) in [6.45, 7) is 7.52. The van der Waals surface area contributed by atoms with Crippen LogP contribution in [0.15, 0.2) is 55.3 Å². The summed E-state index contributed by atoms with van der Waals surface area (Å²) < 4.78 is 0. The van der Waals surface area contributed by atoms with Gasteiger partial charge in [0.25, 0.3) is 5.91 Å². The standard InChI is InChI=1S/C14H13NO/c1-3-10(2)11-5-4-6-12(9-11)14(16)15-13-7-8-13/h3-7,9H,1-2,8H2,(H,15,16). The van der Waals surface area contributed by atoms with Crippen molar-refractivity contribution >= 4 is 11.5 Å². The van der Waals surface area contributed by atoms with Crippen LogP contribution in [0, 0.1) is 0 Å². The smallest absolute Gasteiger partial charge is 0.255 e. The largest absolute Gasteiger partial charge is 0.326 e. The minimum absolute atomic E-state index is 0.0672. The summed E-state index contributed by atoms with van der Waals surface area (Å²) in [5.74, 6) is -0.0672. The van der Waals surface area contributed by atoms with E-state index in [-0.39, 0.29) is 5.91 Å². The second kappa shape index (κ2) is 4.19. The lowest BCUT2D eigenvalue weighted by molar-refractivity contribution is 0.0967. The van der Waals surface area contributed by atoms with Crippen LogP contribution in [0.4, 0.5) is 0 Å². The first-order chi connectivity index (χ1) is 7.70. The van der Waals surface area contributed by atoms with Gasteiger partial charge in [-0.15, -0.1) is 0 Å². The second-order valence-corrected chi connectivity index (χ2v) is 3.70. The van der Waals surface area contributed by atoms with Gasteiger partial charge in [-0.3, -0.25) is 4.79 Å². The zero-order valence-corrected chi connectivity index (χ0v) is 8.99. The van der Waals surface area contributed by atoms with Crippen molar-refractivity contribution in [2.75, 3.05) is 0 Å². The van der Waals surface area contributed by atoms with Gasteiger partial charge in [-0.1, -0.05) is 37.4 Å². The third kappa shape index (κ3) is 2.28. The van der Waals surface area contributed by atoms with E-state index in [0.29, 0.717) is 5.56 Å². The molecule has 2 rings (SSSR count). The van der Waals surface area contributed by atoms with Gasteiger partial charge >= 0.3 is 0 Å². The monoisotopic (exact) mass is 211 g/mol. The fraction of sp³-hybridized carbons (Fsp3) is 0.0714. The van der Waals surface area contributed by atoms with Crippen LogP contribution in [-0.2, 0) is 0 Å². The van der Waals surface area contributed by atoms with Crippen molar-refractivity contribution in [3.05, 3.63) is 66.4 Å². The van der Waals surface area contributed by atoms with Crippen LogP contribution < -0.4 is 5.32 Å². The number of carbonyl (C=O) groups is 1. The molecule has 0 radical (unpaired) electrons. The predicted octanol–water partition coefficient (Wildman–Crippen LogP) is 2.90. The molecule has 1 aliphatic rings. The van der Waals surface area contributed by atoms with Gasteiger partial charge in [0, 0.05) is 17.7 Å². The van der Waals surface area contributed by atoms with E-state index in [1.165, 1.54) is 0 Å². The molecule has 1 N–H and O–H groups in total. The SMILES string of the molecule is C=CC(=C)c1cccc(C(=O)NC2=CC2)c1. The minimum atomic E-state index is -0.0672. The van der Waals surface area contributed by atoms with Crippen molar-refractivity contribution < 1.29 is 4.79 Å². The van der Waals surface area contributed by atoms with E-state index in [0.717, 1.165) is 23.3 Å². The Morgan fingerprint density at radius 1 is 1.38 bits per heavy atom.